The van der Waals surface area contributed by atoms with Crippen LogP contribution in [0.25, 0.3) is 0 Å². The van der Waals surface area contributed by atoms with Crippen LogP contribution in [0, 0.1) is 0 Å². The minimum Gasteiger partial charge on any atom is -0.495 e. The van der Waals surface area contributed by atoms with Crippen LogP contribution >= 0.6 is 11.6 Å². The first-order valence-electron chi connectivity index (χ1n) is 7.07. The maximum atomic E-state index is 12.4. The van der Waals surface area contributed by atoms with Crippen molar-refractivity contribution in [3.05, 3.63) is 41.6 Å². The molecule has 0 atom stereocenters. The van der Waals surface area contributed by atoms with Gasteiger partial charge in [-0.3, -0.25) is 4.72 Å². The predicted molar refractivity (Wildman–Crippen MR) is 89.7 cm³/mol. The van der Waals surface area contributed by atoms with E-state index in [1.54, 1.807) is 18.3 Å². The average Bonchev–Trinajstić information content (AvgIpc) is 3.33. The van der Waals surface area contributed by atoms with Gasteiger partial charge in [0.2, 0.25) is 0 Å². The molecule has 1 fully saturated rings. The fourth-order valence-electron chi connectivity index (χ4n) is 2.01. The van der Waals surface area contributed by atoms with Gasteiger partial charge in [0.1, 0.15) is 11.6 Å². The first-order valence-corrected chi connectivity index (χ1v) is 8.93. The number of rotatable bonds is 6. The van der Waals surface area contributed by atoms with Crippen molar-refractivity contribution in [3.63, 3.8) is 0 Å². The van der Waals surface area contributed by atoms with Gasteiger partial charge < -0.3 is 10.1 Å². The van der Waals surface area contributed by atoms with Gasteiger partial charge in [-0.25, -0.2) is 13.4 Å². The van der Waals surface area contributed by atoms with Gasteiger partial charge in [0.25, 0.3) is 10.0 Å². The quantitative estimate of drug-likeness (QED) is 0.834. The molecule has 8 heteroatoms. The van der Waals surface area contributed by atoms with Gasteiger partial charge in [0.15, 0.2) is 0 Å². The molecule has 1 aliphatic rings. The summed E-state index contributed by atoms with van der Waals surface area (Å²) in [5.74, 6) is 0.664. The van der Waals surface area contributed by atoms with Crippen LogP contribution < -0.4 is 14.8 Å². The molecule has 3 rings (SSSR count). The van der Waals surface area contributed by atoms with Crippen molar-refractivity contribution in [1.29, 1.82) is 0 Å². The number of ether oxygens (including phenoxy) is 1. The summed E-state index contributed by atoms with van der Waals surface area (Å²) in [4.78, 5) is 4.16. The Morgan fingerprint density at radius 3 is 2.61 bits per heavy atom. The van der Waals surface area contributed by atoms with Crippen LogP contribution in [-0.2, 0) is 10.0 Å². The largest absolute Gasteiger partial charge is 0.495 e. The summed E-state index contributed by atoms with van der Waals surface area (Å²) >= 11 is 5.97. The minimum atomic E-state index is -3.76. The summed E-state index contributed by atoms with van der Waals surface area (Å²) in [7, 11) is -2.29. The number of hydrogen-bond acceptors (Lipinski definition) is 5. The van der Waals surface area contributed by atoms with Crippen LogP contribution in [0.4, 0.5) is 11.5 Å². The number of nitrogens with zero attached hydrogens (tertiary/aromatic N) is 1. The molecular formula is C15H16ClN3O3S. The smallest absolute Gasteiger partial charge is 0.263 e. The summed E-state index contributed by atoms with van der Waals surface area (Å²) in [6, 6.07) is 8.20. The highest BCUT2D eigenvalue weighted by molar-refractivity contribution is 7.92. The van der Waals surface area contributed by atoms with E-state index in [9.17, 15) is 8.42 Å². The number of benzene rings is 1. The second-order valence-electron chi connectivity index (χ2n) is 5.25. The van der Waals surface area contributed by atoms with Gasteiger partial charge in [-0.05, 0) is 43.2 Å². The third kappa shape index (κ3) is 3.86. The first-order chi connectivity index (χ1) is 11.0. The van der Waals surface area contributed by atoms with E-state index < -0.39 is 10.0 Å². The maximum Gasteiger partial charge on any atom is 0.263 e. The highest BCUT2D eigenvalue weighted by atomic mass is 35.5. The Morgan fingerprint density at radius 1 is 1.26 bits per heavy atom. The predicted octanol–water partition coefficient (Wildman–Crippen LogP) is 3.12. The number of sulfonamides is 1. The summed E-state index contributed by atoms with van der Waals surface area (Å²) in [5, 5.41) is 3.52. The summed E-state index contributed by atoms with van der Waals surface area (Å²) in [6.07, 6.45) is 3.93. The first kappa shape index (κ1) is 15.9. The molecule has 0 aliphatic heterocycles. The molecule has 23 heavy (non-hydrogen) atoms. The van der Waals surface area contributed by atoms with Crippen LogP contribution in [0.15, 0.2) is 41.4 Å². The van der Waals surface area contributed by atoms with Gasteiger partial charge in [-0.1, -0.05) is 11.6 Å². The molecule has 0 spiro atoms. The van der Waals surface area contributed by atoms with Gasteiger partial charge in [-0.2, -0.15) is 0 Å². The number of aromatic nitrogens is 1. The van der Waals surface area contributed by atoms with Crippen molar-refractivity contribution >= 4 is 33.1 Å². The standard InChI is InChI=1S/C15H16ClN3O3S/c1-22-14-6-5-12(8-13(14)16)23(20,21)19-15-7-4-11(9-17-15)18-10-2-3-10/h4-10,18H,2-3H2,1H3,(H,17,19). The SMILES string of the molecule is COc1ccc(S(=O)(=O)Nc2ccc(NC3CC3)cn2)cc1Cl. The summed E-state index contributed by atoms with van der Waals surface area (Å²) < 4.78 is 32.2. The molecule has 122 valence electrons. The van der Waals surface area contributed by atoms with Gasteiger partial charge >= 0.3 is 0 Å². The van der Waals surface area contributed by atoms with E-state index in [-0.39, 0.29) is 15.7 Å². The monoisotopic (exact) mass is 353 g/mol. The van der Waals surface area contributed by atoms with Crippen LogP contribution in [-0.4, -0.2) is 26.6 Å². The number of nitrogens with one attached hydrogen (secondary N) is 2. The normalized spacial score (nSPS) is 14.3. The molecule has 1 aliphatic carbocycles. The maximum absolute atomic E-state index is 12.4. The van der Waals surface area contributed by atoms with Crippen molar-refractivity contribution in [2.75, 3.05) is 17.1 Å². The van der Waals surface area contributed by atoms with Gasteiger partial charge in [0, 0.05) is 6.04 Å². The zero-order valence-electron chi connectivity index (χ0n) is 12.4. The lowest BCUT2D eigenvalue weighted by Gasteiger charge is -2.10. The van der Waals surface area contributed by atoms with Crippen molar-refractivity contribution in [3.8, 4) is 5.75 Å². The Kier molecular flexibility index (Phi) is 4.32. The lowest BCUT2D eigenvalue weighted by molar-refractivity contribution is 0.414. The Hall–Kier alpha value is -1.99. The number of pyridine rings is 1. The summed E-state index contributed by atoms with van der Waals surface area (Å²) in [5.41, 5.74) is 0.878. The van der Waals surface area contributed by atoms with E-state index in [0.717, 1.165) is 18.5 Å². The van der Waals surface area contributed by atoms with Crippen LogP contribution in [0.1, 0.15) is 12.8 Å². The van der Waals surface area contributed by atoms with E-state index in [2.05, 4.69) is 15.0 Å². The third-order valence-corrected chi connectivity index (χ3v) is 5.03. The molecule has 1 saturated carbocycles. The van der Waals surface area contributed by atoms with E-state index in [0.29, 0.717) is 11.8 Å². The Morgan fingerprint density at radius 2 is 2.04 bits per heavy atom. The average molecular weight is 354 g/mol. The molecule has 0 radical (unpaired) electrons. The zero-order chi connectivity index (χ0) is 16.4. The molecule has 2 N–H and O–H groups in total. The van der Waals surface area contributed by atoms with Crippen molar-refractivity contribution in [2.24, 2.45) is 0 Å². The topological polar surface area (TPSA) is 80.3 Å². The highest BCUT2D eigenvalue weighted by Crippen LogP contribution is 2.28. The number of anilines is 2. The van der Waals surface area contributed by atoms with Crippen molar-refractivity contribution in [1.82, 2.24) is 4.98 Å². The van der Waals surface area contributed by atoms with Crippen LogP contribution in [0.2, 0.25) is 5.02 Å². The lowest BCUT2D eigenvalue weighted by atomic mass is 10.3. The van der Waals surface area contributed by atoms with E-state index >= 15 is 0 Å². The molecule has 1 aromatic heterocycles. The molecule has 1 aromatic carbocycles. The Balaban J connectivity index is 1.75. The molecule has 1 heterocycles. The third-order valence-electron chi connectivity index (χ3n) is 3.38. The minimum absolute atomic E-state index is 0.0466. The van der Waals surface area contributed by atoms with Crippen molar-refractivity contribution < 1.29 is 13.2 Å². The number of halogens is 1. The van der Waals surface area contributed by atoms with E-state index in [4.69, 9.17) is 16.3 Å². The molecule has 0 bridgehead atoms. The molecule has 6 nitrogen and oxygen atoms in total. The highest BCUT2D eigenvalue weighted by Gasteiger charge is 2.21. The van der Waals surface area contributed by atoms with Gasteiger partial charge in [-0.15, -0.1) is 0 Å². The fourth-order valence-corrected chi connectivity index (χ4v) is 3.37. The number of methoxy groups -OCH3 is 1. The Labute approximate surface area is 139 Å². The lowest BCUT2D eigenvalue weighted by Crippen LogP contribution is -2.14. The van der Waals surface area contributed by atoms with Crippen LogP contribution in [0.3, 0.4) is 0 Å². The van der Waals surface area contributed by atoms with Crippen molar-refractivity contribution in [2.45, 2.75) is 23.8 Å². The second-order valence-corrected chi connectivity index (χ2v) is 7.34. The van der Waals surface area contributed by atoms with Crippen LogP contribution in [0.5, 0.6) is 5.75 Å². The fraction of sp³-hybridized carbons (Fsp3) is 0.267. The molecule has 0 amide bonds. The molecule has 0 saturated heterocycles. The van der Waals surface area contributed by atoms with E-state index in [1.165, 1.54) is 25.3 Å². The molecule has 2 aromatic rings. The van der Waals surface area contributed by atoms with Gasteiger partial charge in [0.05, 0.1) is 28.9 Å². The van der Waals surface area contributed by atoms with E-state index in [1.807, 2.05) is 0 Å². The molecule has 0 unspecified atom stereocenters. The summed E-state index contributed by atoms with van der Waals surface area (Å²) in [6.45, 7) is 0. The Bertz CT molecular complexity index is 805. The zero-order valence-corrected chi connectivity index (χ0v) is 14.0. The number of hydrogen-bond donors (Lipinski definition) is 2. The second kappa shape index (κ2) is 6.25. The molecular weight excluding hydrogens is 338 g/mol.